The summed E-state index contributed by atoms with van der Waals surface area (Å²) in [5.74, 6) is 1.21. The van der Waals surface area contributed by atoms with Gasteiger partial charge in [0.05, 0.1) is 0 Å². The molecule has 0 saturated carbocycles. The van der Waals surface area contributed by atoms with Crippen molar-refractivity contribution in [3.8, 4) is 0 Å². The summed E-state index contributed by atoms with van der Waals surface area (Å²) >= 11 is 3.07. The van der Waals surface area contributed by atoms with Gasteiger partial charge in [-0.05, 0) is 0 Å². The Balaban J connectivity index is 0.000000241. The molecule has 0 amide bonds. The van der Waals surface area contributed by atoms with E-state index in [1.807, 2.05) is 0 Å². The van der Waals surface area contributed by atoms with Crippen LogP contribution in [0.25, 0.3) is 0 Å². The minimum Gasteiger partial charge on any atom is -0.147 e. The fourth-order valence-corrected chi connectivity index (χ4v) is 5.60. The van der Waals surface area contributed by atoms with Crippen molar-refractivity contribution in [2.45, 2.75) is 26.7 Å². The largest absolute Gasteiger partial charge is 0.147 e. The van der Waals surface area contributed by atoms with Gasteiger partial charge in [-0.2, -0.15) is 0 Å². The molecule has 0 bridgehead atoms. The molecule has 0 aromatic carbocycles. The summed E-state index contributed by atoms with van der Waals surface area (Å²) in [5.41, 5.74) is 2.98. The van der Waals surface area contributed by atoms with Gasteiger partial charge in [0.15, 0.2) is 0 Å². The van der Waals surface area contributed by atoms with E-state index in [1.54, 1.807) is 0 Å². The molecule has 2 aliphatic heterocycles. The van der Waals surface area contributed by atoms with Gasteiger partial charge in [-0.1, -0.05) is 0 Å². The SMILES string of the molecule is CCCN1[C]([Zr])=CC2C=CC=C21.CCCN1[C]([Zr])=CC2C=CC=C21.Cl.Cl. The molecule has 0 aromatic rings. The Labute approximate surface area is 200 Å². The first kappa shape index (κ1) is 24.4. The normalized spacial score (nSPS) is 23.7. The van der Waals surface area contributed by atoms with Crippen LogP contribution in [0.5, 0.6) is 0 Å². The van der Waals surface area contributed by atoms with Crippen molar-refractivity contribution >= 4 is 24.8 Å². The Morgan fingerprint density at radius 1 is 0.769 bits per heavy atom. The third-order valence-electron chi connectivity index (χ3n) is 4.63. The van der Waals surface area contributed by atoms with E-state index in [9.17, 15) is 0 Å². The van der Waals surface area contributed by atoms with Gasteiger partial charge < -0.3 is 0 Å². The van der Waals surface area contributed by atoms with Gasteiger partial charge in [0.2, 0.25) is 0 Å². The maximum absolute atomic E-state index is 2.46. The van der Waals surface area contributed by atoms with E-state index in [-0.39, 0.29) is 24.8 Å². The van der Waals surface area contributed by atoms with Crippen LogP contribution in [0.2, 0.25) is 0 Å². The number of halogens is 2. The molecule has 4 aliphatic rings. The van der Waals surface area contributed by atoms with E-state index in [0.717, 1.165) is 0 Å². The predicted octanol–water partition coefficient (Wildman–Crippen LogP) is 5.18. The molecular weight excluding hydrogens is 522 g/mol. The summed E-state index contributed by atoms with van der Waals surface area (Å²) in [6.07, 6.45) is 20.6. The summed E-state index contributed by atoms with van der Waals surface area (Å²) in [7, 11) is 0. The van der Waals surface area contributed by atoms with Crippen LogP contribution in [0.3, 0.4) is 0 Å². The van der Waals surface area contributed by atoms with E-state index >= 15 is 0 Å². The summed E-state index contributed by atoms with van der Waals surface area (Å²) in [5, 5.41) is 0. The zero-order valence-electron chi connectivity index (χ0n) is 15.3. The Morgan fingerprint density at radius 3 is 1.50 bits per heavy atom. The number of hydrogen-bond acceptors (Lipinski definition) is 2. The summed E-state index contributed by atoms with van der Waals surface area (Å²) < 4.78 is 3.01. The molecule has 6 heteroatoms. The number of allylic oxidation sites excluding steroid dienone is 6. The number of nitrogens with zero attached hydrogens (tertiary/aromatic N) is 2. The minimum absolute atomic E-state index is 0. The molecule has 0 spiro atoms. The van der Waals surface area contributed by atoms with E-state index in [2.05, 4.69) is 72.3 Å². The van der Waals surface area contributed by atoms with Crippen LogP contribution >= 0.6 is 24.8 Å². The van der Waals surface area contributed by atoms with E-state index in [4.69, 9.17) is 0 Å². The van der Waals surface area contributed by atoms with Crippen LogP contribution in [0.1, 0.15) is 26.7 Å². The molecule has 0 N–H and O–H groups in total. The second-order valence-corrected chi connectivity index (χ2v) is 8.93. The first-order valence-electron chi connectivity index (χ1n) is 8.84. The van der Waals surface area contributed by atoms with Gasteiger partial charge in [-0.3, -0.25) is 0 Å². The second kappa shape index (κ2) is 11.4. The van der Waals surface area contributed by atoms with Gasteiger partial charge in [0.25, 0.3) is 0 Å². The maximum atomic E-state index is 2.46. The van der Waals surface area contributed by atoms with Gasteiger partial charge in [0, 0.05) is 0 Å². The maximum Gasteiger partial charge on any atom is -0.147 e. The molecule has 2 heterocycles. The Morgan fingerprint density at radius 2 is 1.15 bits per heavy atom. The van der Waals surface area contributed by atoms with Crippen molar-refractivity contribution < 1.29 is 49.4 Å². The average molecular weight is 548 g/mol. The monoisotopic (exact) mass is 544 g/mol. The van der Waals surface area contributed by atoms with Crippen molar-refractivity contribution in [2.24, 2.45) is 11.8 Å². The van der Waals surface area contributed by atoms with E-state index in [0.29, 0.717) is 11.8 Å². The number of fused-ring (bicyclic) bond motifs is 2. The van der Waals surface area contributed by atoms with E-state index in [1.165, 1.54) is 93.6 Å². The molecule has 2 unspecified atom stereocenters. The van der Waals surface area contributed by atoms with Gasteiger partial charge >= 0.3 is 178 Å². The Bertz CT molecular complexity index is 619. The van der Waals surface area contributed by atoms with E-state index < -0.39 is 0 Å². The summed E-state index contributed by atoms with van der Waals surface area (Å²) in [6.45, 7) is 6.83. The van der Waals surface area contributed by atoms with Crippen LogP contribution in [0, 0.1) is 11.8 Å². The third kappa shape index (κ3) is 5.25. The minimum atomic E-state index is 0. The number of rotatable bonds is 4. The van der Waals surface area contributed by atoms with Crippen LogP contribution in [-0.4, -0.2) is 22.9 Å². The molecule has 0 saturated heterocycles. The smallest absolute Gasteiger partial charge is 0.147 e. The standard InChI is InChI=1S/2C10H12N.2ClH.2Zr/c2*1-2-7-11-8-6-9-4-3-5-10(9)11;;;;/h2*3-6,9H,2,7H2,1H3;2*1H;;. The second-order valence-electron chi connectivity index (χ2n) is 6.41. The molecule has 138 valence electrons. The molecular formula is C20H26Cl2N2Zr2. The summed E-state index contributed by atoms with van der Waals surface area (Å²) in [6, 6.07) is 0. The fourth-order valence-electron chi connectivity index (χ4n) is 3.53. The third-order valence-corrected chi connectivity index (χ3v) is 6.77. The zero-order valence-corrected chi connectivity index (χ0v) is 21.9. The van der Waals surface area contributed by atoms with Crippen LogP contribution in [0.4, 0.5) is 0 Å². The Kier molecular flexibility index (Phi) is 10.7. The fraction of sp³-hybridized carbons (Fsp3) is 0.400. The predicted molar refractivity (Wildman–Crippen MR) is 106 cm³/mol. The topological polar surface area (TPSA) is 6.48 Å². The molecule has 2 atom stereocenters. The van der Waals surface area contributed by atoms with Crippen LogP contribution in [0.15, 0.2) is 66.8 Å². The van der Waals surface area contributed by atoms with Gasteiger partial charge in [-0.25, -0.2) is 0 Å². The van der Waals surface area contributed by atoms with Gasteiger partial charge in [0.1, 0.15) is 0 Å². The van der Waals surface area contributed by atoms with Crippen molar-refractivity contribution in [2.75, 3.05) is 13.1 Å². The van der Waals surface area contributed by atoms with Crippen molar-refractivity contribution in [3.05, 3.63) is 66.8 Å². The molecule has 2 nitrogen and oxygen atoms in total. The first-order valence-corrected chi connectivity index (χ1v) is 11.3. The molecule has 26 heavy (non-hydrogen) atoms. The van der Waals surface area contributed by atoms with Crippen molar-refractivity contribution in [1.29, 1.82) is 0 Å². The van der Waals surface area contributed by atoms with Crippen molar-refractivity contribution in [1.82, 2.24) is 9.80 Å². The molecule has 4 rings (SSSR count). The van der Waals surface area contributed by atoms with Crippen LogP contribution in [-0.2, 0) is 49.4 Å². The van der Waals surface area contributed by atoms with Crippen LogP contribution < -0.4 is 0 Å². The molecule has 0 radical (unpaired) electrons. The molecule has 0 aromatic heterocycles. The van der Waals surface area contributed by atoms with Crippen molar-refractivity contribution in [3.63, 3.8) is 0 Å². The Hall–Kier alpha value is 0.386. The average Bonchev–Trinajstić information content (AvgIpc) is 3.28. The zero-order chi connectivity index (χ0) is 17.1. The summed E-state index contributed by atoms with van der Waals surface area (Å²) in [4.78, 5) is 4.92. The first-order chi connectivity index (χ1) is 11.7. The number of hydrogen-bond donors (Lipinski definition) is 0. The quantitative estimate of drug-likeness (QED) is 0.479. The molecule has 0 fully saturated rings. The van der Waals surface area contributed by atoms with Gasteiger partial charge in [-0.15, -0.1) is 24.8 Å². The molecule has 2 aliphatic carbocycles.